The summed E-state index contributed by atoms with van der Waals surface area (Å²) in [6, 6.07) is 0. The predicted octanol–water partition coefficient (Wildman–Crippen LogP) is 5.74. The first-order chi connectivity index (χ1) is 15.4. The van der Waals surface area contributed by atoms with Gasteiger partial charge in [-0.05, 0) is 31.8 Å². The van der Waals surface area contributed by atoms with E-state index in [1.807, 2.05) is 0 Å². The predicted molar refractivity (Wildman–Crippen MR) is 135 cm³/mol. The maximum atomic E-state index is 10.8. The standard InChI is InChI=1S/C16H36P.C8H8O7S/c1-5-9-13-17(14-10-6-2,15-11-7-3)16-12-8-4;9-6(10)8(7(11)12)3-1-2-5(4-8)16(13,14)15/h5-16H2,1-4H3;1-3H,4H2,(H,9,10)(H,11,12)(H,13,14,15)/q+1;/p-1. The second-order valence-corrected chi connectivity index (χ2v) is 14.8. The summed E-state index contributed by atoms with van der Waals surface area (Å²) in [5.41, 5.74) is -2.39. The maximum absolute atomic E-state index is 10.8. The molecule has 0 heterocycles. The maximum Gasteiger partial charge on any atom is 0.325 e. The molecule has 0 spiro atoms. The lowest BCUT2D eigenvalue weighted by Gasteiger charge is -2.28. The van der Waals surface area contributed by atoms with E-state index in [1.54, 1.807) is 24.6 Å². The van der Waals surface area contributed by atoms with E-state index in [2.05, 4.69) is 27.7 Å². The van der Waals surface area contributed by atoms with Crippen molar-refractivity contribution < 1.29 is 32.8 Å². The highest BCUT2D eigenvalue weighted by Crippen LogP contribution is 2.61. The van der Waals surface area contributed by atoms with E-state index >= 15 is 0 Å². The average Bonchev–Trinajstić information content (AvgIpc) is 2.77. The fourth-order valence-corrected chi connectivity index (χ4v) is 9.85. The Morgan fingerprint density at radius 1 is 0.879 bits per heavy atom. The molecule has 0 unspecified atom stereocenters. The van der Waals surface area contributed by atoms with Crippen molar-refractivity contribution in [3.63, 3.8) is 0 Å². The number of unbranched alkanes of at least 4 members (excludes halogenated alkanes) is 4. The number of rotatable bonds is 15. The van der Waals surface area contributed by atoms with Gasteiger partial charge in [-0.1, -0.05) is 65.5 Å². The van der Waals surface area contributed by atoms with Crippen LogP contribution < -0.4 is 0 Å². The minimum absolute atomic E-state index is 0.562. The molecule has 0 aliphatic heterocycles. The largest absolute Gasteiger partial charge is 0.744 e. The molecule has 0 saturated heterocycles. The van der Waals surface area contributed by atoms with Crippen LogP contribution in [0.2, 0.25) is 0 Å². The van der Waals surface area contributed by atoms with Crippen LogP contribution in [0.1, 0.15) is 85.5 Å². The van der Waals surface area contributed by atoms with Crippen LogP contribution in [0.4, 0.5) is 0 Å². The van der Waals surface area contributed by atoms with Gasteiger partial charge in [-0.15, -0.1) is 0 Å². The van der Waals surface area contributed by atoms with Crippen LogP contribution in [0, 0.1) is 5.41 Å². The highest BCUT2D eigenvalue weighted by molar-refractivity contribution is 7.89. The van der Waals surface area contributed by atoms with Crippen molar-refractivity contribution in [3.05, 3.63) is 23.1 Å². The first-order valence-corrected chi connectivity index (χ1v) is 16.0. The topological polar surface area (TPSA) is 132 Å². The van der Waals surface area contributed by atoms with E-state index < -0.39 is 46.1 Å². The minimum Gasteiger partial charge on any atom is -0.744 e. The van der Waals surface area contributed by atoms with Crippen molar-refractivity contribution in [3.8, 4) is 0 Å². The quantitative estimate of drug-likeness (QED) is 0.164. The van der Waals surface area contributed by atoms with Crippen molar-refractivity contribution in [1.82, 2.24) is 0 Å². The summed E-state index contributed by atoms with van der Waals surface area (Å²) in [5, 5.41) is 17.6. The third-order valence-electron chi connectivity index (χ3n) is 6.14. The molecule has 2 N–H and O–H groups in total. The molecule has 1 aliphatic rings. The molecule has 0 saturated carbocycles. The highest BCUT2D eigenvalue weighted by atomic mass is 32.2. The van der Waals surface area contributed by atoms with Gasteiger partial charge < -0.3 is 14.8 Å². The molecular formula is C24H43O7PS. The summed E-state index contributed by atoms with van der Waals surface area (Å²) < 4.78 is 32.0. The smallest absolute Gasteiger partial charge is 0.325 e. The number of allylic oxidation sites excluding steroid dienone is 3. The Morgan fingerprint density at radius 3 is 1.52 bits per heavy atom. The van der Waals surface area contributed by atoms with Crippen LogP contribution in [0.5, 0.6) is 0 Å². The molecule has 0 atom stereocenters. The highest BCUT2D eigenvalue weighted by Gasteiger charge is 2.46. The van der Waals surface area contributed by atoms with E-state index in [1.165, 1.54) is 51.4 Å². The van der Waals surface area contributed by atoms with Crippen molar-refractivity contribution in [1.29, 1.82) is 0 Å². The average molecular weight is 507 g/mol. The summed E-state index contributed by atoms with van der Waals surface area (Å²) in [6.07, 6.45) is 19.7. The fraction of sp³-hybridized carbons (Fsp3) is 0.750. The molecule has 0 aromatic heterocycles. The number of hydrogen-bond donors (Lipinski definition) is 2. The van der Waals surface area contributed by atoms with E-state index in [-0.39, 0.29) is 0 Å². The third-order valence-corrected chi connectivity index (χ3v) is 12.1. The van der Waals surface area contributed by atoms with Gasteiger partial charge in [0.15, 0.2) is 5.41 Å². The molecular weight excluding hydrogens is 463 g/mol. The Bertz CT molecular complexity index is 720. The minimum atomic E-state index is -4.83. The normalized spacial score (nSPS) is 15.4. The number of carbonyl (C=O) groups is 2. The zero-order valence-corrected chi connectivity index (χ0v) is 22.4. The van der Waals surface area contributed by atoms with Gasteiger partial charge >= 0.3 is 11.9 Å². The monoisotopic (exact) mass is 506 g/mol. The Morgan fingerprint density at radius 2 is 1.24 bits per heavy atom. The van der Waals surface area contributed by atoms with E-state index in [9.17, 15) is 22.6 Å². The van der Waals surface area contributed by atoms with Crippen LogP contribution in [0.25, 0.3) is 0 Å². The van der Waals surface area contributed by atoms with Gasteiger partial charge in [0.25, 0.3) is 0 Å². The van der Waals surface area contributed by atoms with Crippen LogP contribution in [0.3, 0.4) is 0 Å². The first-order valence-electron chi connectivity index (χ1n) is 12.1. The molecule has 9 heteroatoms. The molecule has 0 fully saturated rings. The third kappa shape index (κ3) is 10.7. The molecule has 1 aliphatic carbocycles. The summed E-state index contributed by atoms with van der Waals surface area (Å²) in [5.74, 6) is -3.43. The van der Waals surface area contributed by atoms with Crippen molar-refractivity contribution >= 4 is 29.3 Å². The van der Waals surface area contributed by atoms with E-state index in [0.29, 0.717) is 0 Å². The lowest BCUT2D eigenvalue weighted by Crippen LogP contribution is -2.39. The van der Waals surface area contributed by atoms with E-state index in [0.717, 1.165) is 18.2 Å². The SMILES string of the molecule is CCCC[P+](CCCC)(CCCC)CCCC.O=C(O)C1(C(=O)O)C=CC=C(S(=O)(=O)[O-])C1. The van der Waals surface area contributed by atoms with Crippen LogP contribution in [-0.4, -0.2) is 59.8 Å². The lowest BCUT2D eigenvalue weighted by molar-refractivity contribution is -0.160. The molecule has 0 aromatic rings. The van der Waals surface area contributed by atoms with Crippen LogP contribution >= 0.6 is 7.26 Å². The molecule has 0 aromatic carbocycles. The number of carboxylic acids is 2. The van der Waals surface area contributed by atoms with Crippen LogP contribution in [0.15, 0.2) is 23.1 Å². The number of hydrogen-bond acceptors (Lipinski definition) is 5. The Hall–Kier alpha value is -1.24. The Balaban J connectivity index is 0.000000621. The first kappa shape index (κ1) is 31.8. The van der Waals surface area contributed by atoms with Crippen molar-refractivity contribution in [2.75, 3.05) is 24.6 Å². The molecule has 33 heavy (non-hydrogen) atoms. The zero-order valence-electron chi connectivity index (χ0n) is 20.7. The molecule has 0 bridgehead atoms. The second kappa shape index (κ2) is 15.6. The zero-order chi connectivity index (χ0) is 25.5. The fourth-order valence-electron chi connectivity index (χ4n) is 3.91. The van der Waals surface area contributed by atoms with Crippen LogP contribution in [-0.2, 0) is 19.7 Å². The molecule has 192 valence electrons. The lowest BCUT2D eigenvalue weighted by atomic mass is 9.82. The summed E-state index contributed by atoms with van der Waals surface area (Å²) >= 11 is 0. The molecule has 0 radical (unpaired) electrons. The Labute approximate surface area is 200 Å². The number of carboxylic acid groups (broad SMARTS) is 2. The van der Waals surface area contributed by atoms with Crippen molar-refractivity contribution in [2.24, 2.45) is 5.41 Å². The summed E-state index contributed by atoms with van der Waals surface area (Å²) in [7, 11) is -5.39. The molecule has 1 rings (SSSR count). The van der Waals surface area contributed by atoms with Gasteiger partial charge in [0, 0.05) is 18.6 Å². The van der Waals surface area contributed by atoms with Gasteiger partial charge in [0.2, 0.25) is 0 Å². The number of aliphatic carboxylic acids is 2. The molecule has 0 amide bonds. The van der Waals surface area contributed by atoms with Gasteiger partial charge in [-0.2, -0.15) is 0 Å². The Kier molecular flexibility index (Phi) is 15.0. The molecule has 7 nitrogen and oxygen atoms in total. The van der Waals surface area contributed by atoms with Gasteiger partial charge in [0.05, 0.1) is 24.6 Å². The van der Waals surface area contributed by atoms with Gasteiger partial charge in [-0.25, -0.2) is 8.42 Å². The summed E-state index contributed by atoms with van der Waals surface area (Å²) in [4.78, 5) is 20.9. The van der Waals surface area contributed by atoms with Gasteiger partial charge in [-0.3, -0.25) is 9.59 Å². The van der Waals surface area contributed by atoms with E-state index in [4.69, 9.17) is 10.2 Å². The second-order valence-electron chi connectivity index (χ2n) is 8.85. The van der Waals surface area contributed by atoms with Gasteiger partial charge in [0.1, 0.15) is 10.1 Å². The summed E-state index contributed by atoms with van der Waals surface area (Å²) in [6.45, 7) is 9.42. The van der Waals surface area contributed by atoms with Crippen molar-refractivity contribution in [2.45, 2.75) is 85.5 Å².